The first-order valence-electron chi connectivity index (χ1n) is 12.1. The van der Waals surface area contributed by atoms with E-state index in [4.69, 9.17) is 0 Å². The zero-order valence-electron chi connectivity index (χ0n) is 19.3. The molecule has 0 N–H and O–H groups in total. The number of hydrogen-bond acceptors (Lipinski definition) is 6. The summed E-state index contributed by atoms with van der Waals surface area (Å²) in [5.74, 6) is 0. The molecular weight excluding hydrogens is 428 g/mol. The molecule has 0 amide bonds. The summed E-state index contributed by atoms with van der Waals surface area (Å²) in [5, 5.41) is 12.0. The quantitative estimate of drug-likeness (QED) is 0.483. The van der Waals surface area contributed by atoms with Crippen molar-refractivity contribution in [2.24, 2.45) is 0 Å². The molecular formula is C23H36N4O4S. The zero-order chi connectivity index (χ0) is 22.9. The highest BCUT2D eigenvalue weighted by molar-refractivity contribution is 7.89. The Balaban J connectivity index is 1.60. The highest BCUT2D eigenvalue weighted by Gasteiger charge is 2.37. The number of benzene rings is 1. The highest BCUT2D eigenvalue weighted by atomic mass is 32.2. The second kappa shape index (κ2) is 9.65. The molecule has 0 aromatic heterocycles. The van der Waals surface area contributed by atoms with Crippen LogP contribution in [0.25, 0.3) is 0 Å². The van der Waals surface area contributed by atoms with E-state index < -0.39 is 14.9 Å². The Morgan fingerprint density at radius 3 is 2.22 bits per heavy atom. The van der Waals surface area contributed by atoms with Crippen molar-refractivity contribution in [1.29, 1.82) is 0 Å². The summed E-state index contributed by atoms with van der Waals surface area (Å²) >= 11 is 0. The first kappa shape index (κ1) is 23.4. The third-order valence-corrected chi connectivity index (χ3v) is 9.42. The minimum absolute atomic E-state index is 0.0326. The summed E-state index contributed by atoms with van der Waals surface area (Å²) in [5.41, 5.74) is 0.429. The number of anilines is 1. The van der Waals surface area contributed by atoms with Crippen molar-refractivity contribution < 1.29 is 13.3 Å². The number of nitrogens with zero attached hydrogens (tertiary/aromatic N) is 4. The smallest absolute Gasteiger partial charge is 0.293 e. The van der Waals surface area contributed by atoms with Crippen LogP contribution in [0, 0.1) is 10.1 Å². The summed E-state index contributed by atoms with van der Waals surface area (Å²) in [4.78, 5) is 16.2. The SMILES string of the molecule is C[C@@H]1CC[C@@H](C)N1[C@H]1CCCN(c2ccc(S(=O)(=O)N3CCCCCC3)cc2[N+](=O)[O-])C1. The fraction of sp³-hybridized carbons (Fsp3) is 0.739. The van der Waals surface area contributed by atoms with Crippen LogP contribution in [0.2, 0.25) is 0 Å². The average Bonchev–Trinajstić information content (AvgIpc) is 2.97. The van der Waals surface area contributed by atoms with E-state index in [1.54, 1.807) is 12.1 Å². The van der Waals surface area contributed by atoms with Crippen molar-refractivity contribution in [1.82, 2.24) is 9.21 Å². The monoisotopic (exact) mass is 464 g/mol. The van der Waals surface area contributed by atoms with Crippen molar-refractivity contribution in [3.63, 3.8) is 0 Å². The fourth-order valence-electron chi connectivity index (χ4n) is 5.86. The van der Waals surface area contributed by atoms with Crippen LogP contribution in [0.4, 0.5) is 11.4 Å². The molecule has 9 heteroatoms. The van der Waals surface area contributed by atoms with Gasteiger partial charge in [0.25, 0.3) is 5.69 Å². The molecule has 3 saturated heterocycles. The van der Waals surface area contributed by atoms with Gasteiger partial charge in [0, 0.05) is 50.4 Å². The molecule has 1 aromatic rings. The molecule has 8 nitrogen and oxygen atoms in total. The molecule has 3 atom stereocenters. The Morgan fingerprint density at radius 1 is 0.938 bits per heavy atom. The third-order valence-electron chi connectivity index (χ3n) is 7.53. The average molecular weight is 465 g/mol. The van der Waals surface area contributed by atoms with Gasteiger partial charge in [-0.15, -0.1) is 0 Å². The molecule has 0 bridgehead atoms. The molecule has 0 saturated carbocycles. The summed E-state index contributed by atoms with van der Waals surface area (Å²) in [6, 6.07) is 5.93. The van der Waals surface area contributed by atoms with Crippen LogP contribution in [0.3, 0.4) is 0 Å². The lowest BCUT2D eigenvalue weighted by molar-refractivity contribution is -0.384. The maximum absolute atomic E-state index is 13.2. The minimum Gasteiger partial charge on any atom is -0.364 e. The van der Waals surface area contributed by atoms with E-state index in [-0.39, 0.29) is 10.6 Å². The van der Waals surface area contributed by atoms with Crippen molar-refractivity contribution in [2.45, 2.75) is 88.2 Å². The summed E-state index contributed by atoms with van der Waals surface area (Å²) in [7, 11) is -3.73. The van der Waals surface area contributed by atoms with Gasteiger partial charge in [-0.25, -0.2) is 8.42 Å². The van der Waals surface area contributed by atoms with E-state index >= 15 is 0 Å². The van der Waals surface area contributed by atoms with E-state index in [1.165, 1.54) is 23.2 Å². The topological polar surface area (TPSA) is 87.0 Å². The van der Waals surface area contributed by atoms with Gasteiger partial charge in [0.05, 0.1) is 9.82 Å². The van der Waals surface area contributed by atoms with Crippen LogP contribution in [0.1, 0.15) is 65.2 Å². The first-order valence-corrected chi connectivity index (χ1v) is 13.5. The number of likely N-dealkylation sites (tertiary alicyclic amines) is 1. The van der Waals surface area contributed by atoms with Gasteiger partial charge in [-0.05, 0) is 64.5 Å². The van der Waals surface area contributed by atoms with Gasteiger partial charge in [0.1, 0.15) is 5.69 Å². The Labute approximate surface area is 191 Å². The predicted octanol–water partition coefficient (Wildman–Crippen LogP) is 4.00. The Morgan fingerprint density at radius 2 is 1.59 bits per heavy atom. The molecule has 1 aromatic carbocycles. The van der Waals surface area contributed by atoms with Gasteiger partial charge in [-0.1, -0.05) is 12.8 Å². The molecule has 32 heavy (non-hydrogen) atoms. The van der Waals surface area contributed by atoms with Crippen molar-refractivity contribution >= 4 is 21.4 Å². The van der Waals surface area contributed by atoms with E-state index in [9.17, 15) is 18.5 Å². The van der Waals surface area contributed by atoms with Gasteiger partial charge in [-0.3, -0.25) is 15.0 Å². The molecule has 0 aliphatic carbocycles. The van der Waals surface area contributed by atoms with Crippen molar-refractivity contribution in [3.05, 3.63) is 28.3 Å². The van der Waals surface area contributed by atoms with Crippen LogP contribution in [0.15, 0.2) is 23.1 Å². The molecule has 0 unspecified atom stereocenters. The second-order valence-electron chi connectivity index (χ2n) is 9.69. The number of nitro groups is 1. The van der Waals surface area contributed by atoms with Crippen LogP contribution in [-0.2, 0) is 10.0 Å². The molecule has 3 fully saturated rings. The maximum atomic E-state index is 13.2. The number of hydrogen-bond donors (Lipinski definition) is 0. The van der Waals surface area contributed by atoms with Crippen LogP contribution in [0.5, 0.6) is 0 Å². The fourth-order valence-corrected chi connectivity index (χ4v) is 7.40. The Bertz CT molecular complexity index is 920. The van der Waals surface area contributed by atoms with E-state index in [1.807, 2.05) is 0 Å². The first-order chi connectivity index (χ1) is 15.3. The van der Waals surface area contributed by atoms with E-state index in [2.05, 4.69) is 23.6 Å². The summed E-state index contributed by atoms with van der Waals surface area (Å²) in [6.45, 7) is 7.01. The van der Waals surface area contributed by atoms with E-state index in [0.717, 1.165) is 51.6 Å². The molecule has 0 radical (unpaired) electrons. The Kier molecular flexibility index (Phi) is 7.07. The van der Waals surface area contributed by atoms with Crippen LogP contribution < -0.4 is 4.90 Å². The van der Waals surface area contributed by atoms with Crippen LogP contribution >= 0.6 is 0 Å². The summed E-state index contributed by atoms with van der Waals surface area (Å²) in [6.07, 6.45) is 8.18. The molecule has 4 rings (SSSR count). The van der Waals surface area contributed by atoms with E-state index in [0.29, 0.717) is 36.9 Å². The third kappa shape index (κ3) is 4.65. The van der Waals surface area contributed by atoms with Crippen LogP contribution in [-0.4, -0.2) is 66.9 Å². The lowest BCUT2D eigenvalue weighted by Gasteiger charge is -2.42. The maximum Gasteiger partial charge on any atom is 0.293 e. The zero-order valence-corrected chi connectivity index (χ0v) is 20.1. The minimum atomic E-state index is -3.73. The second-order valence-corrected chi connectivity index (χ2v) is 11.6. The largest absolute Gasteiger partial charge is 0.364 e. The Hall–Kier alpha value is -1.71. The van der Waals surface area contributed by atoms with Gasteiger partial charge in [0.2, 0.25) is 10.0 Å². The van der Waals surface area contributed by atoms with Gasteiger partial charge >= 0.3 is 0 Å². The number of sulfonamides is 1. The lowest BCUT2D eigenvalue weighted by atomic mass is 10.0. The molecule has 3 aliphatic heterocycles. The molecule has 3 aliphatic rings. The standard InChI is InChI=1S/C23H36N4O4S/c1-18-9-10-19(2)26(18)20-8-7-13-24(17-20)22-12-11-21(16-23(22)27(28)29)32(30,31)25-14-5-3-4-6-15-25/h11-12,16,18-20H,3-10,13-15,17H2,1-2H3/t18-,19-,20+/m1/s1. The normalized spacial score (nSPS) is 28.6. The van der Waals surface area contributed by atoms with Crippen molar-refractivity contribution in [3.8, 4) is 0 Å². The number of piperidine rings is 1. The van der Waals surface area contributed by atoms with Crippen molar-refractivity contribution in [2.75, 3.05) is 31.1 Å². The predicted molar refractivity (Wildman–Crippen MR) is 126 cm³/mol. The number of nitro benzene ring substituents is 1. The van der Waals surface area contributed by atoms with Gasteiger partial charge in [0.15, 0.2) is 0 Å². The number of rotatable bonds is 5. The molecule has 3 heterocycles. The highest BCUT2D eigenvalue weighted by Crippen LogP contribution is 2.36. The molecule has 178 valence electrons. The van der Waals surface area contributed by atoms with Gasteiger partial charge in [-0.2, -0.15) is 4.31 Å². The summed E-state index contributed by atoms with van der Waals surface area (Å²) < 4.78 is 27.9. The molecule has 0 spiro atoms. The van der Waals surface area contributed by atoms with Gasteiger partial charge < -0.3 is 4.90 Å². The lowest BCUT2D eigenvalue weighted by Crippen LogP contribution is -2.51.